The van der Waals surface area contributed by atoms with Crippen LogP contribution in [0.3, 0.4) is 0 Å². The van der Waals surface area contributed by atoms with Gasteiger partial charge in [0.1, 0.15) is 5.75 Å². The number of aromatic nitrogens is 3. The van der Waals surface area contributed by atoms with Gasteiger partial charge in [-0.05, 0) is 53.0 Å². The Morgan fingerprint density at radius 1 is 1.05 bits per heavy atom. The Balaban J connectivity index is 1.91. The molecule has 3 aromatic rings. The van der Waals surface area contributed by atoms with Crippen molar-refractivity contribution in [3.63, 3.8) is 0 Å². The van der Waals surface area contributed by atoms with Crippen LogP contribution in [0.1, 0.15) is 45.1 Å². The number of halogens is 2. The molecule has 0 radical (unpaired) electrons. The summed E-state index contributed by atoms with van der Waals surface area (Å²) in [5.74, 6) is 1.02. The summed E-state index contributed by atoms with van der Waals surface area (Å²) in [6.45, 7) is 5.84. The van der Waals surface area contributed by atoms with E-state index in [2.05, 4.69) is 81.4 Å². The summed E-state index contributed by atoms with van der Waals surface area (Å²) in [7, 11) is 0. The molecular formula is C24H28Br2N8O3. The van der Waals surface area contributed by atoms with E-state index in [1.54, 1.807) is 24.3 Å². The highest BCUT2D eigenvalue weighted by atomic mass is 79.9. The number of unbranched alkanes of at least 4 members (excludes halogenated alkanes) is 2. The first-order chi connectivity index (χ1) is 17.8. The van der Waals surface area contributed by atoms with Crippen molar-refractivity contribution in [2.45, 2.75) is 39.5 Å². The predicted octanol–water partition coefficient (Wildman–Crippen LogP) is 6.61. The van der Waals surface area contributed by atoms with E-state index in [1.807, 2.05) is 0 Å². The topological polar surface area (TPSA) is 142 Å². The lowest BCUT2D eigenvalue weighted by Crippen LogP contribution is -2.28. The zero-order valence-corrected chi connectivity index (χ0v) is 23.7. The van der Waals surface area contributed by atoms with Crippen molar-refractivity contribution in [3.8, 4) is 5.75 Å². The summed E-state index contributed by atoms with van der Waals surface area (Å²) >= 11 is 6.70. The molecule has 0 saturated carbocycles. The second kappa shape index (κ2) is 13.8. The Hall–Kier alpha value is -3.32. The molecule has 0 aliphatic rings. The number of anilines is 4. The average molecular weight is 636 g/mol. The van der Waals surface area contributed by atoms with E-state index in [1.165, 1.54) is 18.3 Å². The summed E-state index contributed by atoms with van der Waals surface area (Å²) < 4.78 is 1.31. The van der Waals surface area contributed by atoms with Gasteiger partial charge in [0.2, 0.25) is 17.8 Å². The van der Waals surface area contributed by atoms with Crippen LogP contribution in [-0.4, -0.2) is 44.3 Å². The first-order valence-corrected chi connectivity index (χ1v) is 13.4. The number of phenols is 1. The maximum Gasteiger partial charge on any atom is 0.269 e. The minimum absolute atomic E-state index is 0.00803. The second-order valence-corrected chi connectivity index (χ2v) is 9.87. The van der Waals surface area contributed by atoms with E-state index >= 15 is 0 Å². The minimum atomic E-state index is -0.453. The Kier molecular flexibility index (Phi) is 10.6. The summed E-state index contributed by atoms with van der Waals surface area (Å²) in [6, 6.07) is 9.45. The number of aromatic hydroxyl groups is 1. The predicted molar refractivity (Wildman–Crippen MR) is 153 cm³/mol. The summed E-state index contributed by atoms with van der Waals surface area (Å²) in [5.41, 5.74) is 3.90. The number of phenolic OH excluding ortho intramolecular Hbond substituents is 1. The first-order valence-electron chi connectivity index (χ1n) is 11.8. The lowest BCUT2D eigenvalue weighted by molar-refractivity contribution is -0.384. The Morgan fingerprint density at radius 3 is 2.32 bits per heavy atom. The van der Waals surface area contributed by atoms with Crippen LogP contribution in [0, 0.1) is 10.1 Å². The maximum absolute atomic E-state index is 11.0. The molecule has 11 nitrogen and oxygen atoms in total. The smallest absolute Gasteiger partial charge is 0.269 e. The van der Waals surface area contributed by atoms with Gasteiger partial charge in [-0.25, -0.2) is 5.43 Å². The molecule has 0 saturated heterocycles. The number of nitro benzene ring substituents is 1. The van der Waals surface area contributed by atoms with Crippen LogP contribution in [0.25, 0.3) is 0 Å². The van der Waals surface area contributed by atoms with Crippen LogP contribution < -0.4 is 15.6 Å². The van der Waals surface area contributed by atoms with E-state index in [-0.39, 0.29) is 23.3 Å². The highest BCUT2D eigenvalue weighted by molar-refractivity contribution is 9.11. The van der Waals surface area contributed by atoms with Crippen molar-refractivity contribution < 1.29 is 10.0 Å². The fourth-order valence-corrected chi connectivity index (χ4v) is 4.52. The molecule has 0 unspecified atom stereocenters. The Morgan fingerprint density at radius 2 is 1.70 bits per heavy atom. The first kappa shape index (κ1) is 28.3. The van der Waals surface area contributed by atoms with E-state index in [0.717, 1.165) is 43.2 Å². The number of hydrogen-bond donors (Lipinski definition) is 3. The number of benzene rings is 2. The molecule has 0 spiro atoms. The number of rotatable bonds is 13. The molecule has 13 heteroatoms. The van der Waals surface area contributed by atoms with E-state index in [0.29, 0.717) is 21.7 Å². The van der Waals surface area contributed by atoms with Gasteiger partial charge < -0.3 is 15.3 Å². The monoisotopic (exact) mass is 634 g/mol. The van der Waals surface area contributed by atoms with Crippen LogP contribution in [-0.2, 0) is 0 Å². The van der Waals surface area contributed by atoms with Crippen LogP contribution in [0.5, 0.6) is 5.75 Å². The molecule has 0 atom stereocenters. The SMILES string of the molecule is CCCCN(CCCC)c1nc(NN=Cc2cc(Br)cc(Br)c2O)nc(Nc2ccc([N+](=O)[O-])cc2)n1. The molecule has 3 N–H and O–H groups in total. The molecule has 0 bridgehead atoms. The summed E-state index contributed by atoms with van der Waals surface area (Å²) in [6.07, 6.45) is 5.49. The van der Waals surface area contributed by atoms with Gasteiger partial charge in [0.05, 0.1) is 15.6 Å². The van der Waals surface area contributed by atoms with Gasteiger partial charge in [0, 0.05) is 40.9 Å². The zero-order chi connectivity index (χ0) is 26.8. The van der Waals surface area contributed by atoms with Crippen LogP contribution in [0.2, 0.25) is 0 Å². The number of nitrogens with zero attached hydrogens (tertiary/aromatic N) is 6. The molecule has 0 aliphatic carbocycles. The quantitative estimate of drug-likeness (QED) is 0.107. The van der Waals surface area contributed by atoms with E-state index in [9.17, 15) is 15.2 Å². The van der Waals surface area contributed by atoms with Gasteiger partial charge in [-0.2, -0.15) is 20.1 Å². The summed E-state index contributed by atoms with van der Waals surface area (Å²) in [4.78, 5) is 26.2. The van der Waals surface area contributed by atoms with Crippen molar-refractivity contribution >= 4 is 67.3 Å². The van der Waals surface area contributed by atoms with Crippen molar-refractivity contribution in [1.29, 1.82) is 0 Å². The van der Waals surface area contributed by atoms with Crippen LogP contribution in [0.4, 0.5) is 29.2 Å². The lowest BCUT2D eigenvalue weighted by atomic mass is 10.2. The van der Waals surface area contributed by atoms with Crippen molar-refractivity contribution in [1.82, 2.24) is 15.0 Å². The normalized spacial score (nSPS) is 11.0. The number of non-ortho nitro benzene ring substituents is 1. The molecule has 2 aromatic carbocycles. The van der Waals surface area contributed by atoms with Gasteiger partial charge in [-0.3, -0.25) is 10.1 Å². The number of nitro groups is 1. The largest absolute Gasteiger partial charge is 0.506 e. The number of hydrazone groups is 1. The minimum Gasteiger partial charge on any atom is -0.506 e. The van der Waals surface area contributed by atoms with Gasteiger partial charge in [-0.1, -0.05) is 42.6 Å². The second-order valence-electron chi connectivity index (χ2n) is 8.10. The third kappa shape index (κ3) is 8.35. The van der Waals surface area contributed by atoms with Gasteiger partial charge in [-0.15, -0.1) is 0 Å². The molecule has 0 aliphatic heterocycles. The fourth-order valence-electron chi connectivity index (χ4n) is 3.26. The maximum atomic E-state index is 11.0. The van der Waals surface area contributed by atoms with E-state index < -0.39 is 4.92 Å². The highest BCUT2D eigenvalue weighted by Gasteiger charge is 2.14. The van der Waals surface area contributed by atoms with Crippen molar-refractivity contribution in [2.24, 2.45) is 5.10 Å². The molecule has 1 heterocycles. The summed E-state index contributed by atoms with van der Waals surface area (Å²) in [5, 5.41) is 28.6. The molecule has 3 rings (SSSR count). The third-order valence-electron chi connectivity index (χ3n) is 5.23. The van der Waals surface area contributed by atoms with Gasteiger partial charge in [0.25, 0.3) is 5.69 Å². The molecular weight excluding hydrogens is 608 g/mol. The lowest BCUT2D eigenvalue weighted by Gasteiger charge is -2.23. The zero-order valence-electron chi connectivity index (χ0n) is 20.5. The van der Waals surface area contributed by atoms with Crippen LogP contribution >= 0.6 is 31.9 Å². The van der Waals surface area contributed by atoms with E-state index in [4.69, 9.17) is 0 Å². The number of nitrogens with one attached hydrogen (secondary N) is 2. The van der Waals surface area contributed by atoms with Crippen molar-refractivity contribution in [2.75, 3.05) is 28.7 Å². The van der Waals surface area contributed by atoms with Crippen LogP contribution in [0.15, 0.2) is 50.4 Å². The molecule has 1 aromatic heterocycles. The Labute approximate surface area is 231 Å². The molecule has 0 fully saturated rings. The fraction of sp³-hybridized carbons (Fsp3) is 0.333. The molecule has 196 valence electrons. The average Bonchev–Trinajstić information content (AvgIpc) is 2.87. The molecule has 0 amide bonds. The number of hydrogen-bond acceptors (Lipinski definition) is 10. The Bertz CT molecular complexity index is 1230. The highest BCUT2D eigenvalue weighted by Crippen LogP contribution is 2.30. The third-order valence-corrected chi connectivity index (χ3v) is 6.29. The van der Waals surface area contributed by atoms with Gasteiger partial charge >= 0.3 is 0 Å². The molecule has 37 heavy (non-hydrogen) atoms. The standard InChI is InChI=1S/C24H28Br2N8O3/c1-3-5-11-33(12-6-4-2)24-30-22(28-18-7-9-19(10-8-18)34(36)37)29-23(31-24)32-27-15-16-13-17(25)14-20(26)21(16)35/h7-10,13-15,35H,3-6,11-12H2,1-2H3,(H2,28,29,30,31,32). The van der Waals surface area contributed by atoms with Crippen molar-refractivity contribution in [3.05, 3.63) is 61.0 Å². The van der Waals surface area contributed by atoms with Gasteiger partial charge in [0.15, 0.2) is 0 Å².